The Bertz CT molecular complexity index is 464. The first-order valence-electron chi connectivity index (χ1n) is 8.12. The Balaban J connectivity index is 2.17. The molecule has 1 aromatic rings. The molecule has 0 aromatic heterocycles. The maximum atomic E-state index is 13.0. The van der Waals surface area contributed by atoms with Gasteiger partial charge in [0.25, 0.3) is 0 Å². The van der Waals surface area contributed by atoms with Crippen molar-refractivity contribution in [1.29, 1.82) is 0 Å². The van der Waals surface area contributed by atoms with E-state index >= 15 is 0 Å². The Morgan fingerprint density at radius 3 is 2.62 bits per heavy atom. The van der Waals surface area contributed by atoms with Gasteiger partial charge in [0, 0.05) is 6.04 Å². The lowest BCUT2D eigenvalue weighted by Crippen LogP contribution is -2.43. The fourth-order valence-corrected chi connectivity index (χ4v) is 5.12. The maximum absolute atomic E-state index is 13.0. The molecule has 0 amide bonds. The highest BCUT2D eigenvalue weighted by molar-refractivity contribution is 7.85. The minimum Gasteiger partial charge on any atom is -0.313 e. The summed E-state index contributed by atoms with van der Waals surface area (Å²) in [7, 11) is -1.03. The van der Waals surface area contributed by atoms with E-state index in [2.05, 4.69) is 12.2 Å². The molecule has 4 heteroatoms. The van der Waals surface area contributed by atoms with Crippen molar-refractivity contribution in [2.75, 3.05) is 6.54 Å². The Hall–Kier alpha value is -0.380. The molecule has 2 nitrogen and oxygen atoms in total. The van der Waals surface area contributed by atoms with Crippen LogP contribution >= 0.6 is 11.6 Å². The van der Waals surface area contributed by atoms with E-state index in [1.54, 1.807) is 0 Å². The molecule has 118 valence electrons. The van der Waals surface area contributed by atoms with E-state index in [1.807, 2.05) is 24.3 Å². The second-order valence-electron chi connectivity index (χ2n) is 5.82. The van der Waals surface area contributed by atoms with E-state index in [-0.39, 0.29) is 5.25 Å². The molecule has 0 heterocycles. The summed E-state index contributed by atoms with van der Waals surface area (Å²) >= 11 is 6.25. The monoisotopic (exact) mass is 327 g/mol. The highest BCUT2D eigenvalue weighted by Crippen LogP contribution is 2.28. The number of hydrogen-bond donors (Lipinski definition) is 1. The second kappa shape index (κ2) is 8.92. The summed E-state index contributed by atoms with van der Waals surface area (Å²) in [5, 5.41) is 4.43. The SMILES string of the molecule is CCCNC1CCCCCCC1S(=O)c1ccccc1Cl. The molecule has 1 N–H and O–H groups in total. The largest absolute Gasteiger partial charge is 0.313 e. The summed E-state index contributed by atoms with van der Waals surface area (Å²) < 4.78 is 13.0. The topological polar surface area (TPSA) is 29.1 Å². The van der Waals surface area contributed by atoms with Crippen molar-refractivity contribution in [3.63, 3.8) is 0 Å². The van der Waals surface area contributed by atoms with Gasteiger partial charge in [0.2, 0.25) is 0 Å². The average Bonchev–Trinajstić information content (AvgIpc) is 2.46. The van der Waals surface area contributed by atoms with Crippen LogP contribution in [0.5, 0.6) is 0 Å². The first-order valence-corrected chi connectivity index (χ1v) is 9.71. The summed E-state index contributed by atoms with van der Waals surface area (Å²) in [6.45, 7) is 3.18. The Morgan fingerprint density at radius 1 is 1.19 bits per heavy atom. The molecular weight excluding hydrogens is 302 g/mol. The molecule has 1 aromatic carbocycles. The molecule has 0 bridgehead atoms. The third kappa shape index (κ3) is 4.80. The normalized spacial score (nSPS) is 25.0. The first kappa shape index (κ1) is 17.0. The lowest BCUT2D eigenvalue weighted by Gasteiger charge is -2.30. The summed E-state index contributed by atoms with van der Waals surface area (Å²) in [6, 6.07) is 7.92. The minimum atomic E-state index is -1.03. The average molecular weight is 328 g/mol. The molecule has 3 unspecified atom stereocenters. The summed E-state index contributed by atoms with van der Waals surface area (Å²) in [5.41, 5.74) is 0. The van der Waals surface area contributed by atoms with Gasteiger partial charge in [-0.05, 0) is 37.9 Å². The van der Waals surface area contributed by atoms with Gasteiger partial charge in [-0.1, -0.05) is 56.3 Å². The summed E-state index contributed by atoms with van der Waals surface area (Å²) in [6.07, 6.45) is 8.23. The highest BCUT2D eigenvalue weighted by Gasteiger charge is 2.29. The third-order valence-corrected chi connectivity index (χ3v) is 6.53. The van der Waals surface area contributed by atoms with Gasteiger partial charge in [-0.2, -0.15) is 0 Å². The molecule has 0 aliphatic heterocycles. The van der Waals surface area contributed by atoms with Crippen LogP contribution in [0.2, 0.25) is 5.02 Å². The number of hydrogen-bond acceptors (Lipinski definition) is 2. The van der Waals surface area contributed by atoms with Gasteiger partial charge < -0.3 is 5.32 Å². The molecule has 0 radical (unpaired) electrons. The number of halogens is 1. The predicted molar refractivity (Wildman–Crippen MR) is 91.4 cm³/mol. The van der Waals surface area contributed by atoms with Gasteiger partial charge in [-0.3, -0.25) is 4.21 Å². The minimum absolute atomic E-state index is 0.178. The van der Waals surface area contributed by atoms with Crippen LogP contribution in [-0.4, -0.2) is 22.0 Å². The van der Waals surface area contributed by atoms with Crippen molar-refractivity contribution < 1.29 is 4.21 Å². The molecule has 1 aliphatic rings. The molecule has 0 spiro atoms. The number of rotatable bonds is 5. The zero-order valence-electron chi connectivity index (χ0n) is 12.8. The molecule has 1 aliphatic carbocycles. The van der Waals surface area contributed by atoms with Gasteiger partial charge in [-0.15, -0.1) is 0 Å². The van der Waals surface area contributed by atoms with E-state index in [0.29, 0.717) is 11.1 Å². The van der Waals surface area contributed by atoms with E-state index in [9.17, 15) is 4.21 Å². The third-order valence-electron chi connectivity index (χ3n) is 4.19. The molecule has 1 saturated carbocycles. The van der Waals surface area contributed by atoms with Crippen LogP contribution in [0.1, 0.15) is 51.9 Å². The van der Waals surface area contributed by atoms with Crippen LogP contribution in [0.15, 0.2) is 29.2 Å². The van der Waals surface area contributed by atoms with Crippen molar-refractivity contribution >= 4 is 22.4 Å². The van der Waals surface area contributed by atoms with Crippen LogP contribution in [-0.2, 0) is 10.8 Å². The molecule has 0 saturated heterocycles. The lowest BCUT2D eigenvalue weighted by atomic mass is 9.96. The van der Waals surface area contributed by atoms with Gasteiger partial charge in [0.1, 0.15) is 0 Å². The van der Waals surface area contributed by atoms with E-state index in [0.717, 1.165) is 30.7 Å². The number of nitrogens with one attached hydrogen (secondary N) is 1. The first-order chi connectivity index (χ1) is 10.2. The Morgan fingerprint density at radius 2 is 1.90 bits per heavy atom. The lowest BCUT2D eigenvalue weighted by molar-refractivity contribution is 0.395. The number of benzene rings is 1. The molecule has 2 rings (SSSR count). The quantitative estimate of drug-likeness (QED) is 0.860. The van der Waals surface area contributed by atoms with Crippen LogP contribution < -0.4 is 5.32 Å². The van der Waals surface area contributed by atoms with E-state index in [4.69, 9.17) is 11.6 Å². The zero-order valence-corrected chi connectivity index (χ0v) is 14.4. The van der Waals surface area contributed by atoms with Gasteiger partial charge in [-0.25, -0.2) is 0 Å². The summed E-state index contributed by atoms with van der Waals surface area (Å²) in [5.74, 6) is 0. The van der Waals surface area contributed by atoms with Crippen LogP contribution in [0.3, 0.4) is 0 Å². The summed E-state index contributed by atoms with van der Waals surface area (Å²) in [4.78, 5) is 0.799. The van der Waals surface area contributed by atoms with E-state index < -0.39 is 10.8 Å². The molecule has 21 heavy (non-hydrogen) atoms. The molecule has 1 fully saturated rings. The van der Waals surface area contributed by atoms with Gasteiger partial charge in [0.05, 0.1) is 26.0 Å². The smallest absolute Gasteiger partial charge is 0.0591 e. The van der Waals surface area contributed by atoms with Crippen molar-refractivity contribution in [3.05, 3.63) is 29.3 Å². The van der Waals surface area contributed by atoms with Gasteiger partial charge >= 0.3 is 0 Å². The van der Waals surface area contributed by atoms with Crippen molar-refractivity contribution in [3.8, 4) is 0 Å². The fraction of sp³-hybridized carbons (Fsp3) is 0.647. The maximum Gasteiger partial charge on any atom is 0.0591 e. The predicted octanol–water partition coefficient (Wildman–Crippen LogP) is 4.54. The van der Waals surface area contributed by atoms with Crippen LogP contribution in [0.25, 0.3) is 0 Å². The highest BCUT2D eigenvalue weighted by atomic mass is 35.5. The van der Waals surface area contributed by atoms with Crippen LogP contribution in [0, 0.1) is 0 Å². The van der Waals surface area contributed by atoms with E-state index in [1.165, 1.54) is 25.7 Å². The molecule has 3 atom stereocenters. The zero-order chi connectivity index (χ0) is 15.1. The van der Waals surface area contributed by atoms with Gasteiger partial charge in [0.15, 0.2) is 0 Å². The Labute approximate surface area is 136 Å². The fourth-order valence-electron chi connectivity index (χ4n) is 3.04. The van der Waals surface area contributed by atoms with Crippen molar-refractivity contribution in [2.45, 2.75) is 68.1 Å². The van der Waals surface area contributed by atoms with Crippen molar-refractivity contribution in [1.82, 2.24) is 5.32 Å². The Kier molecular flexibility index (Phi) is 7.21. The second-order valence-corrected chi connectivity index (χ2v) is 7.87. The standard InChI is InChI=1S/C17H26ClNOS/c1-2-13-19-15-10-5-3-4-6-12-17(15)21(20)16-11-8-7-9-14(16)18/h7-9,11,15,17,19H,2-6,10,12-13H2,1H3. The van der Waals surface area contributed by atoms with Crippen LogP contribution in [0.4, 0.5) is 0 Å². The molecular formula is C17H26ClNOS. The van der Waals surface area contributed by atoms with Crippen molar-refractivity contribution in [2.24, 2.45) is 0 Å².